The SMILES string of the molecule is CN(C)CCn1ccnc1C1CCCN(c2ccc3cccc(Cl)c3n2)C1. The molecule has 5 nitrogen and oxygen atoms in total. The van der Waals surface area contributed by atoms with Crippen molar-refractivity contribution in [1.82, 2.24) is 19.4 Å². The molecule has 0 spiro atoms. The minimum atomic E-state index is 0.430. The first-order valence-corrected chi connectivity index (χ1v) is 9.95. The van der Waals surface area contributed by atoms with Gasteiger partial charge >= 0.3 is 0 Å². The fourth-order valence-corrected chi connectivity index (χ4v) is 4.07. The fraction of sp³-hybridized carbons (Fsp3) is 0.429. The molecule has 1 fully saturated rings. The Morgan fingerprint density at radius 3 is 2.96 bits per heavy atom. The molecule has 142 valence electrons. The van der Waals surface area contributed by atoms with Crippen molar-refractivity contribution >= 4 is 28.3 Å². The Morgan fingerprint density at radius 2 is 2.11 bits per heavy atom. The Morgan fingerprint density at radius 1 is 1.22 bits per heavy atom. The number of fused-ring (bicyclic) bond motifs is 1. The second-order valence-electron chi connectivity index (χ2n) is 7.55. The predicted molar refractivity (Wildman–Crippen MR) is 112 cm³/mol. The first-order valence-electron chi connectivity index (χ1n) is 9.58. The average Bonchev–Trinajstić information content (AvgIpc) is 3.15. The maximum atomic E-state index is 6.36. The molecular weight excluding hydrogens is 358 g/mol. The summed E-state index contributed by atoms with van der Waals surface area (Å²) in [5.74, 6) is 2.63. The second kappa shape index (κ2) is 7.87. The second-order valence-corrected chi connectivity index (χ2v) is 7.96. The van der Waals surface area contributed by atoms with Gasteiger partial charge in [0.2, 0.25) is 0 Å². The highest BCUT2D eigenvalue weighted by molar-refractivity contribution is 6.35. The highest BCUT2D eigenvalue weighted by Gasteiger charge is 2.25. The number of likely N-dealkylation sites (N-methyl/N-ethyl adjacent to an activating group) is 1. The third-order valence-corrected chi connectivity index (χ3v) is 5.61. The molecule has 0 amide bonds. The predicted octanol–water partition coefficient (Wildman–Crippen LogP) is 4.03. The largest absolute Gasteiger partial charge is 0.356 e. The van der Waals surface area contributed by atoms with Gasteiger partial charge in [0.25, 0.3) is 0 Å². The van der Waals surface area contributed by atoms with E-state index in [1.54, 1.807) is 0 Å². The van der Waals surface area contributed by atoms with Crippen molar-refractivity contribution in [1.29, 1.82) is 0 Å². The van der Waals surface area contributed by atoms with Gasteiger partial charge in [0, 0.05) is 49.9 Å². The van der Waals surface area contributed by atoms with Gasteiger partial charge in [-0.2, -0.15) is 0 Å². The fourth-order valence-electron chi connectivity index (χ4n) is 3.85. The van der Waals surface area contributed by atoms with Crippen LogP contribution >= 0.6 is 11.6 Å². The van der Waals surface area contributed by atoms with Gasteiger partial charge in [0.05, 0.1) is 10.5 Å². The Bertz CT molecular complexity index is 920. The molecule has 3 aromatic rings. The lowest BCUT2D eigenvalue weighted by Crippen LogP contribution is -2.36. The van der Waals surface area contributed by atoms with Crippen LogP contribution in [0.15, 0.2) is 42.7 Å². The number of benzene rings is 1. The van der Waals surface area contributed by atoms with Crippen LogP contribution in [0.25, 0.3) is 10.9 Å². The molecule has 0 N–H and O–H groups in total. The average molecular weight is 384 g/mol. The Kier molecular flexibility index (Phi) is 5.32. The van der Waals surface area contributed by atoms with Crippen LogP contribution in [-0.4, -0.2) is 53.2 Å². The number of para-hydroxylation sites is 1. The number of hydrogen-bond donors (Lipinski definition) is 0. The van der Waals surface area contributed by atoms with Crippen LogP contribution in [0.2, 0.25) is 5.02 Å². The minimum Gasteiger partial charge on any atom is -0.356 e. The van der Waals surface area contributed by atoms with Crippen LogP contribution in [0.1, 0.15) is 24.6 Å². The van der Waals surface area contributed by atoms with Crippen LogP contribution in [0, 0.1) is 0 Å². The van der Waals surface area contributed by atoms with Gasteiger partial charge < -0.3 is 14.4 Å². The summed E-state index contributed by atoms with van der Waals surface area (Å²) in [5, 5.41) is 1.79. The lowest BCUT2D eigenvalue weighted by Gasteiger charge is -2.33. The summed E-state index contributed by atoms with van der Waals surface area (Å²) in [7, 11) is 4.21. The van der Waals surface area contributed by atoms with E-state index in [0.717, 1.165) is 49.3 Å². The van der Waals surface area contributed by atoms with E-state index in [-0.39, 0.29) is 0 Å². The smallest absolute Gasteiger partial charge is 0.129 e. The first kappa shape index (κ1) is 18.3. The van der Waals surface area contributed by atoms with E-state index in [2.05, 4.69) is 57.8 Å². The summed E-state index contributed by atoms with van der Waals surface area (Å²) in [6.07, 6.45) is 6.35. The quantitative estimate of drug-likeness (QED) is 0.666. The molecular formula is C21H26ClN5. The summed E-state index contributed by atoms with van der Waals surface area (Å²) in [5.41, 5.74) is 0.881. The molecule has 27 heavy (non-hydrogen) atoms. The monoisotopic (exact) mass is 383 g/mol. The zero-order chi connectivity index (χ0) is 18.8. The maximum Gasteiger partial charge on any atom is 0.129 e. The molecule has 0 bridgehead atoms. The van der Waals surface area contributed by atoms with E-state index in [1.165, 1.54) is 12.2 Å². The van der Waals surface area contributed by atoms with Crippen molar-refractivity contribution in [2.75, 3.05) is 38.6 Å². The van der Waals surface area contributed by atoms with E-state index in [1.807, 2.05) is 18.3 Å². The van der Waals surface area contributed by atoms with Gasteiger partial charge in [-0.15, -0.1) is 0 Å². The minimum absolute atomic E-state index is 0.430. The topological polar surface area (TPSA) is 37.2 Å². The van der Waals surface area contributed by atoms with E-state index in [9.17, 15) is 0 Å². The third-order valence-electron chi connectivity index (χ3n) is 5.30. The maximum absolute atomic E-state index is 6.36. The summed E-state index contributed by atoms with van der Waals surface area (Å²) in [4.78, 5) is 14.1. The number of imidazole rings is 1. The van der Waals surface area contributed by atoms with Crippen molar-refractivity contribution in [3.63, 3.8) is 0 Å². The molecule has 0 radical (unpaired) electrons. The van der Waals surface area contributed by atoms with Crippen molar-refractivity contribution < 1.29 is 0 Å². The van der Waals surface area contributed by atoms with Crippen LogP contribution in [-0.2, 0) is 6.54 Å². The van der Waals surface area contributed by atoms with Gasteiger partial charge in [-0.25, -0.2) is 9.97 Å². The summed E-state index contributed by atoms with van der Waals surface area (Å²) in [6.45, 7) is 3.97. The number of pyridine rings is 1. The van der Waals surface area contributed by atoms with Gasteiger partial charge in [0.1, 0.15) is 11.6 Å². The molecule has 1 aliphatic heterocycles. The highest BCUT2D eigenvalue weighted by Crippen LogP contribution is 2.30. The van der Waals surface area contributed by atoms with Crippen LogP contribution in [0.4, 0.5) is 5.82 Å². The normalized spacial score (nSPS) is 17.8. The highest BCUT2D eigenvalue weighted by atomic mass is 35.5. The lowest BCUT2D eigenvalue weighted by atomic mass is 9.97. The van der Waals surface area contributed by atoms with E-state index in [0.29, 0.717) is 10.9 Å². The van der Waals surface area contributed by atoms with Gasteiger partial charge in [-0.05, 0) is 45.1 Å². The van der Waals surface area contributed by atoms with Crippen LogP contribution in [0.3, 0.4) is 0 Å². The Hall–Kier alpha value is -2.11. The number of hydrogen-bond acceptors (Lipinski definition) is 4. The summed E-state index contributed by atoms with van der Waals surface area (Å²) < 4.78 is 2.30. The molecule has 1 saturated heterocycles. The van der Waals surface area contributed by atoms with E-state index >= 15 is 0 Å². The van der Waals surface area contributed by atoms with Crippen LogP contribution in [0.5, 0.6) is 0 Å². The van der Waals surface area contributed by atoms with Crippen molar-refractivity contribution in [3.05, 3.63) is 53.6 Å². The van der Waals surface area contributed by atoms with E-state index in [4.69, 9.17) is 16.6 Å². The first-order chi connectivity index (χ1) is 13.1. The molecule has 6 heteroatoms. The molecule has 0 saturated carbocycles. The third kappa shape index (κ3) is 3.94. The molecule has 0 aliphatic carbocycles. The Balaban J connectivity index is 1.55. The van der Waals surface area contributed by atoms with E-state index < -0.39 is 0 Å². The number of halogens is 1. The number of anilines is 1. The molecule has 4 rings (SSSR count). The van der Waals surface area contributed by atoms with Gasteiger partial charge in [-0.3, -0.25) is 0 Å². The number of aromatic nitrogens is 3. The molecule has 3 heterocycles. The van der Waals surface area contributed by atoms with Crippen molar-refractivity contribution in [2.45, 2.75) is 25.3 Å². The van der Waals surface area contributed by atoms with Crippen molar-refractivity contribution in [3.8, 4) is 0 Å². The molecule has 1 aromatic carbocycles. The zero-order valence-corrected chi connectivity index (χ0v) is 16.7. The summed E-state index contributed by atoms with van der Waals surface area (Å²) >= 11 is 6.36. The zero-order valence-electron chi connectivity index (χ0n) is 16.0. The molecule has 2 aromatic heterocycles. The summed E-state index contributed by atoms with van der Waals surface area (Å²) in [6, 6.07) is 10.2. The Labute approximate surface area is 165 Å². The number of nitrogens with zero attached hydrogens (tertiary/aromatic N) is 5. The molecule has 1 atom stereocenters. The van der Waals surface area contributed by atoms with Gasteiger partial charge in [-0.1, -0.05) is 23.7 Å². The lowest BCUT2D eigenvalue weighted by molar-refractivity contribution is 0.373. The van der Waals surface area contributed by atoms with Crippen LogP contribution < -0.4 is 4.90 Å². The standard InChI is InChI=1S/C21H26ClN5/c1-25(2)13-14-26-12-10-23-21(26)17-6-4-11-27(15-17)19-9-8-16-5-3-7-18(22)20(16)24-19/h3,5,7-10,12,17H,4,6,11,13-15H2,1-2H3. The molecule has 1 unspecified atom stereocenters. The number of piperidine rings is 1. The van der Waals surface area contributed by atoms with Gasteiger partial charge in [0.15, 0.2) is 0 Å². The molecule has 1 aliphatic rings. The van der Waals surface area contributed by atoms with Crippen molar-refractivity contribution in [2.24, 2.45) is 0 Å². The number of rotatable bonds is 5.